The van der Waals surface area contributed by atoms with Gasteiger partial charge in [-0.25, -0.2) is 0 Å². The number of hydrogen-bond acceptors (Lipinski definition) is 8. The van der Waals surface area contributed by atoms with E-state index in [0.717, 1.165) is 122 Å². The third-order valence-electron chi connectivity index (χ3n) is 15.1. The molecule has 0 bridgehead atoms. The van der Waals surface area contributed by atoms with Crippen LogP contribution >= 0.6 is 0 Å². The van der Waals surface area contributed by atoms with Crippen LogP contribution in [-0.4, -0.2) is 82.3 Å². The Labute approximate surface area is 547 Å². The fourth-order valence-corrected chi connectivity index (χ4v) is 9.60. The van der Waals surface area contributed by atoms with Crippen LogP contribution in [0.1, 0.15) is 284 Å². The van der Waals surface area contributed by atoms with Crippen molar-refractivity contribution in [2.45, 2.75) is 296 Å². The summed E-state index contributed by atoms with van der Waals surface area (Å²) in [5, 5.41) is 11.8. The van der Waals surface area contributed by atoms with Gasteiger partial charge in [-0.2, -0.15) is 0 Å². The van der Waals surface area contributed by atoms with Crippen molar-refractivity contribution < 1.29 is 42.9 Å². The van der Waals surface area contributed by atoms with Crippen molar-refractivity contribution in [2.75, 3.05) is 47.5 Å². The topological polar surface area (TPSA) is 111 Å². The second-order valence-electron chi connectivity index (χ2n) is 24.8. The molecule has 9 nitrogen and oxygen atoms in total. The summed E-state index contributed by atoms with van der Waals surface area (Å²) in [5.74, 6) is -2.32. The molecule has 0 aliphatic carbocycles. The number of nitrogens with zero attached hydrogens (tertiary/aromatic N) is 1. The molecule has 2 unspecified atom stereocenters. The van der Waals surface area contributed by atoms with E-state index < -0.39 is 24.3 Å². The van der Waals surface area contributed by atoms with Gasteiger partial charge in [0.1, 0.15) is 13.2 Å². The zero-order chi connectivity index (χ0) is 64.7. The van der Waals surface area contributed by atoms with Gasteiger partial charge in [0.2, 0.25) is 0 Å². The second kappa shape index (κ2) is 69.1. The monoisotopic (exact) mass is 1240 g/mol. The number of esters is 2. The second-order valence-corrected chi connectivity index (χ2v) is 24.8. The van der Waals surface area contributed by atoms with Crippen molar-refractivity contribution >= 4 is 17.9 Å². The molecule has 2 atom stereocenters. The van der Waals surface area contributed by atoms with Crippen molar-refractivity contribution in [3.8, 4) is 0 Å². The molecule has 9 heteroatoms. The number of likely N-dealkylation sites (N-methyl/N-ethyl adjacent to an activating group) is 1. The molecule has 0 radical (unpaired) electrons. The smallest absolute Gasteiger partial charge is 0.306 e. The zero-order valence-electron chi connectivity index (χ0n) is 57.8. The Morgan fingerprint density at radius 1 is 0.348 bits per heavy atom. The number of hydrogen-bond donors (Lipinski definition) is 0. The number of allylic oxidation sites excluding steroid dienone is 24. The molecule has 0 N–H and O–H groups in total. The number of aliphatic carboxylic acids is 1. The van der Waals surface area contributed by atoms with E-state index in [-0.39, 0.29) is 38.6 Å². The molecular formula is C80H133NO8. The third kappa shape index (κ3) is 70.5. The number of carboxylic acids is 1. The molecule has 0 saturated carbocycles. The van der Waals surface area contributed by atoms with Crippen LogP contribution in [0.5, 0.6) is 0 Å². The van der Waals surface area contributed by atoms with Gasteiger partial charge < -0.3 is 33.3 Å². The highest BCUT2D eigenvalue weighted by molar-refractivity contribution is 5.70. The van der Waals surface area contributed by atoms with E-state index in [2.05, 4.69) is 160 Å². The maximum Gasteiger partial charge on any atom is 0.306 e. The molecule has 89 heavy (non-hydrogen) atoms. The number of carboxylic acid groups (broad SMARTS) is 1. The molecular weight excluding hydrogens is 1100 g/mol. The standard InChI is InChI=1S/C80H133NO8/c1-6-8-10-12-14-16-18-20-22-24-26-28-30-32-34-36-38-39-41-43-45-47-49-51-53-55-57-59-61-63-65-67-69-71-78(83)89-76(75-88-80(79(84)85)86-73-72-81(3,4)5)74-87-77(82)70-68-66-64-62-60-58-56-54-52-50-48-46-44-42-40-37-35-33-31-29-27-25-23-21-19-17-15-13-11-9-7-2/h8,10,14,16,19-22,25-28,31-34,38-39,43,45,49,51,55,57,76,80H,6-7,9,11-13,15,17-18,23-24,29-30,35-37,40-42,44,46-48,50,52-54,56,58-75H2,1-5H3/b10-8-,16-14-,21-19-,22-20-,27-25-,28-26-,33-31-,34-32-,39-38-,45-43-,51-49-,57-55-. The van der Waals surface area contributed by atoms with Crippen LogP contribution in [0.4, 0.5) is 0 Å². The number of ether oxygens (including phenoxy) is 4. The van der Waals surface area contributed by atoms with E-state index in [4.69, 9.17) is 18.9 Å². The van der Waals surface area contributed by atoms with Gasteiger partial charge in [-0.3, -0.25) is 9.59 Å². The van der Waals surface area contributed by atoms with Crippen LogP contribution in [0.2, 0.25) is 0 Å². The first-order chi connectivity index (χ1) is 43.6. The summed E-state index contributed by atoms with van der Waals surface area (Å²) in [6.45, 7) is 4.60. The number of carbonyl (C=O) groups excluding carboxylic acids is 3. The summed E-state index contributed by atoms with van der Waals surface area (Å²) in [7, 11) is 5.92. The van der Waals surface area contributed by atoms with Crippen LogP contribution in [-0.2, 0) is 33.3 Å². The number of rotatable bonds is 65. The highest BCUT2D eigenvalue weighted by Crippen LogP contribution is 2.16. The average molecular weight is 1240 g/mol. The van der Waals surface area contributed by atoms with E-state index >= 15 is 0 Å². The molecule has 0 amide bonds. The summed E-state index contributed by atoms with van der Waals surface area (Å²) in [5.41, 5.74) is 0. The Hall–Kier alpha value is -4.83. The third-order valence-corrected chi connectivity index (χ3v) is 15.1. The molecule has 0 aliphatic heterocycles. The minimum atomic E-state index is -1.64. The van der Waals surface area contributed by atoms with Gasteiger partial charge in [-0.1, -0.05) is 295 Å². The van der Waals surface area contributed by atoms with Gasteiger partial charge in [0.05, 0.1) is 40.3 Å². The Kier molecular flexibility index (Phi) is 65.3. The maximum atomic E-state index is 12.9. The molecule has 0 fully saturated rings. The van der Waals surface area contributed by atoms with E-state index in [1.807, 2.05) is 21.1 Å². The fraction of sp³-hybridized carbons (Fsp3) is 0.662. The van der Waals surface area contributed by atoms with E-state index in [1.54, 1.807) is 0 Å². The highest BCUT2D eigenvalue weighted by Gasteiger charge is 2.22. The first kappa shape index (κ1) is 84.2. The minimum absolute atomic E-state index is 0.136. The van der Waals surface area contributed by atoms with Crippen molar-refractivity contribution in [3.05, 3.63) is 146 Å². The largest absolute Gasteiger partial charge is 0.545 e. The SMILES string of the molecule is CC/C=C\C/C=C\C/C=C\C/C=C\C/C=C\C/C=C\C/C=C\C/C=C\C/C=C\CCCCCCCC(=O)OC(COC(=O)CCCCCCCCCCCCCCCCCC/C=C\C/C=C\C/C=C\CCCCCCC)COC(OCC[N+](C)(C)C)C(=O)[O-]. The van der Waals surface area contributed by atoms with Gasteiger partial charge in [-0.05, 0) is 122 Å². The Morgan fingerprint density at radius 2 is 0.640 bits per heavy atom. The van der Waals surface area contributed by atoms with Crippen molar-refractivity contribution in [2.24, 2.45) is 0 Å². The lowest BCUT2D eigenvalue weighted by atomic mass is 10.0. The molecule has 0 aliphatic rings. The molecule has 0 aromatic heterocycles. The first-order valence-corrected chi connectivity index (χ1v) is 36.0. The quantitative estimate of drug-likeness (QED) is 0.0195. The highest BCUT2D eigenvalue weighted by atomic mass is 16.7. The predicted octanol–water partition coefficient (Wildman–Crippen LogP) is 21.4. The lowest BCUT2D eigenvalue weighted by molar-refractivity contribution is -0.870. The zero-order valence-corrected chi connectivity index (χ0v) is 57.8. The maximum absolute atomic E-state index is 12.9. The predicted molar refractivity (Wildman–Crippen MR) is 379 cm³/mol. The van der Waals surface area contributed by atoms with Crippen LogP contribution < -0.4 is 5.11 Å². The molecule has 0 aromatic rings. The first-order valence-electron chi connectivity index (χ1n) is 36.0. The fourth-order valence-electron chi connectivity index (χ4n) is 9.60. The van der Waals surface area contributed by atoms with Crippen LogP contribution in [0.25, 0.3) is 0 Å². The molecule has 0 saturated heterocycles. The Bertz CT molecular complexity index is 1970. The molecule has 0 rings (SSSR count). The molecule has 0 heterocycles. The lowest BCUT2D eigenvalue weighted by Gasteiger charge is -2.26. The normalized spacial score (nSPS) is 13.6. The molecule has 0 spiro atoms. The van der Waals surface area contributed by atoms with Crippen molar-refractivity contribution in [1.82, 2.24) is 0 Å². The molecule has 506 valence electrons. The minimum Gasteiger partial charge on any atom is -0.545 e. The van der Waals surface area contributed by atoms with Crippen molar-refractivity contribution in [1.29, 1.82) is 0 Å². The summed E-state index contributed by atoms with van der Waals surface area (Å²) < 4.78 is 22.8. The number of unbranched alkanes of at least 4 members (excludes halogenated alkanes) is 26. The molecule has 0 aromatic carbocycles. The van der Waals surface area contributed by atoms with Gasteiger partial charge >= 0.3 is 11.9 Å². The van der Waals surface area contributed by atoms with Crippen LogP contribution in [0.15, 0.2) is 146 Å². The Balaban J connectivity index is 4.20. The average Bonchev–Trinajstić information content (AvgIpc) is 3.64. The summed E-state index contributed by atoms with van der Waals surface area (Å²) in [6, 6.07) is 0. The van der Waals surface area contributed by atoms with Crippen molar-refractivity contribution in [3.63, 3.8) is 0 Å². The van der Waals surface area contributed by atoms with Crippen LogP contribution in [0, 0.1) is 0 Å². The lowest BCUT2D eigenvalue weighted by Crippen LogP contribution is -2.44. The number of quaternary nitrogens is 1. The van der Waals surface area contributed by atoms with E-state index in [1.165, 1.54) is 128 Å². The summed E-state index contributed by atoms with van der Waals surface area (Å²) in [4.78, 5) is 37.5. The van der Waals surface area contributed by atoms with E-state index in [9.17, 15) is 19.5 Å². The van der Waals surface area contributed by atoms with Gasteiger partial charge in [-0.15, -0.1) is 0 Å². The number of carbonyl (C=O) groups is 3. The van der Waals surface area contributed by atoms with Gasteiger partial charge in [0, 0.05) is 12.8 Å². The summed E-state index contributed by atoms with van der Waals surface area (Å²) >= 11 is 0. The van der Waals surface area contributed by atoms with E-state index in [0.29, 0.717) is 17.4 Å². The van der Waals surface area contributed by atoms with Crippen LogP contribution in [0.3, 0.4) is 0 Å². The van der Waals surface area contributed by atoms with Gasteiger partial charge in [0.15, 0.2) is 12.4 Å². The van der Waals surface area contributed by atoms with Gasteiger partial charge in [0.25, 0.3) is 0 Å². The Morgan fingerprint density at radius 3 is 0.955 bits per heavy atom. The summed E-state index contributed by atoms with van der Waals surface area (Å²) in [6.07, 6.45) is 97.8.